The number of benzene rings is 2. The van der Waals surface area contributed by atoms with E-state index in [0.29, 0.717) is 12.4 Å². The summed E-state index contributed by atoms with van der Waals surface area (Å²) < 4.78 is 18.2. The van der Waals surface area contributed by atoms with E-state index in [1.54, 1.807) is 30.8 Å². The van der Waals surface area contributed by atoms with E-state index in [2.05, 4.69) is 0 Å². The van der Waals surface area contributed by atoms with E-state index in [4.69, 9.17) is 4.74 Å². The molecular weight excluding hydrogens is 287 g/mol. The van der Waals surface area contributed by atoms with Gasteiger partial charge in [0, 0.05) is 16.2 Å². The highest BCUT2D eigenvalue weighted by Crippen LogP contribution is 2.20. The topological polar surface area (TPSA) is 26.3 Å². The molecule has 2 nitrogen and oxygen atoms in total. The Kier molecular flexibility index (Phi) is 5.81. The van der Waals surface area contributed by atoms with Crippen LogP contribution in [-0.2, 0) is 0 Å². The number of thioether (sulfide) groups is 1. The average Bonchev–Trinajstić information content (AvgIpc) is 2.49. The normalized spacial score (nSPS) is 10.4. The fraction of sp³-hybridized carbons (Fsp3) is 0.235. The van der Waals surface area contributed by atoms with Crippen LogP contribution in [0.15, 0.2) is 53.4 Å². The number of hydrogen-bond donors (Lipinski definition) is 0. The lowest BCUT2D eigenvalue weighted by Crippen LogP contribution is -1.98. The van der Waals surface area contributed by atoms with E-state index in [9.17, 15) is 9.18 Å². The third-order valence-electron chi connectivity index (χ3n) is 2.90. The van der Waals surface area contributed by atoms with Crippen LogP contribution in [0.4, 0.5) is 4.39 Å². The maximum atomic E-state index is 12.7. The molecule has 0 aromatic heterocycles. The number of carbonyl (C=O) groups excluding carboxylic acids is 1. The van der Waals surface area contributed by atoms with Crippen molar-refractivity contribution in [3.05, 3.63) is 59.9 Å². The van der Waals surface area contributed by atoms with Gasteiger partial charge in [0.2, 0.25) is 0 Å². The summed E-state index contributed by atoms with van der Waals surface area (Å²) in [6, 6.07) is 13.6. The standard InChI is InChI=1S/C17H17FO2S/c1-13(19)14-3-9-17(10-4-14)21-12-2-11-20-16-7-5-15(18)6-8-16/h3-10H,2,11-12H2,1H3. The van der Waals surface area contributed by atoms with Crippen molar-refractivity contribution in [2.75, 3.05) is 12.4 Å². The summed E-state index contributed by atoms with van der Waals surface area (Å²) in [6.07, 6.45) is 0.899. The number of ketones is 1. The van der Waals surface area contributed by atoms with Crippen LogP contribution in [0.1, 0.15) is 23.7 Å². The first-order chi connectivity index (χ1) is 10.1. The Morgan fingerprint density at radius 3 is 2.38 bits per heavy atom. The van der Waals surface area contributed by atoms with E-state index in [1.165, 1.54) is 12.1 Å². The van der Waals surface area contributed by atoms with Gasteiger partial charge in [0.15, 0.2) is 5.78 Å². The van der Waals surface area contributed by atoms with Crippen LogP contribution in [0.5, 0.6) is 5.75 Å². The first-order valence-electron chi connectivity index (χ1n) is 6.77. The molecule has 0 saturated heterocycles. The highest BCUT2D eigenvalue weighted by molar-refractivity contribution is 7.99. The quantitative estimate of drug-likeness (QED) is 0.425. The largest absolute Gasteiger partial charge is 0.494 e. The van der Waals surface area contributed by atoms with Crippen molar-refractivity contribution >= 4 is 17.5 Å². The summed E-state index contributed by atoms with van der Waals surface area (Å²) in [5.74, 6) is 1.44. The van der Waals surface area contributed by atoms with Gasteiger partial charge in [0.1, 0.15) is 11.6 Å². The molecular formula is C17H17FO2S. The van der Waals surface area contributed by atoms with Crippen molar-refractivity contribution in [1.82, 2.24) is 0 Å². The Labute approximate surface area is 128 Å². The summed E-state index contributed by atoms with van der Waals surface area (Å²) in [5, 5.41) is 0. The Morgan fingerprint density at radius 2 is 1.76 bits per heavy atom. The molecule has 110 valence electrons. The van der Waals surface area contributed by atoms with Crippen LogP contribution >= 0.6 is 11.8 Å². The number of rotatable bonds is 7. The highest BCUT2D eigenvalue weighted by atomic mass is 32.2. The lowest BCUT2D eigenvalue weighted by atomic mass is 10.2. The van der Waals surface area contributed by atoms with Crippen molar-refractivity contribution in [1.29, 1.82) is 0 Å². The minimum atomic E-state index is -0.257. The van der Waals surface area contributed by atoms with Crippen LogP contribution in [0, 0.1) is 5.82 Å². The maximum absolute atomic E-state index is 12.7. The second kappa shape index (κ2) is 7.84. The molecule has 0 N–H and O–H groups in total. The molecule has 0 amide bonds. The lowest BCUT2D eigenvalue weighted by molar-refractivity contribution is 0.101. The predicted molar refractivity (Wildman–Crippen MR) is 83.7 cm³/mol. The zero-order valence-electron chi connectivity index (χ0n) is 11.8. The summed E-state index contributed by atoms with van der Waals surface area (Å²) in [7, 11) is 0. The highest BCUT2D eigenvalue weighted by Gasteiger charge is 2.00. The SMILES string of the molecule is CC(=O)c1ccc(SCCCOc2ccc(F)cc2)cc1. The second-order valence-corrected chi connectivity index (χ2v) is 5.75. The molecule has 0 aliphatic rings. The third-order valence-corrected chi connectivity index (χ3v) is 4.00. The molecule has 0 heterocycles. The molecule has 0 saturated carbocycles. The molecule has 0 unspecified atom stereocenters. The van der Waals surface area contributed by atoms with Crippen LogP contribution in [0.25, 0.3) is 0 Å². The Balaban J connectivity index is 1.67. The van der Waals surface area contributed by atoms with Crippen molar-refractivity contribution in [3.63, 3.8) is 0 Å². The molecule has 0 fully saturated rings. The number of halogens is 1. The number of Topliss-reactive ketones (excluding diaryl/α,β-unsaturated/α-hetero) is 1. The van der Waals surface area contributed by atoms with Crippen LogP contribution in [-0.4, -0.2) is 18.1 Å². The van der Waals surface area contributed by atoms with E-state index >= 15 is 0 Å². The molecule has 0 bridgehead atoms. The Morgan fingerprint density at radius 1 is 1.10 bits per heavy atom. The van der Waals surface area contributed by atoms with E-state index in [0.717, 1.165) is 22.6 Å². The molecule has 0 radical (unpaired) electrons. The van der Waals surface area contributed by atoms with Crippen molar-refractivity contribution in [3.8, 4) is 5.75 Å². The number of carbonyl (C=O) groups is 1. The Bertz CT molecular complexity index is 579. The lowest BCUT2D eigenvalue weighted by Gasteiger charge is -2.06. The van der Waals surface area contributed by atoms with Gasteiger partial charge < -0.3 is 4.74 Å². The second-order valence-electron chi connectivity index (χ2n) is 4.58. The van der Waals surface area contributed by atoms with Gasteiger partial charge in [-0.25, -0.2) is 4.39 Å². The minimum absolute atomic E-state index is 0.0826. The monoisotopic (exact) mass is 304 g/mol. The molecule has 0 aliphatic heterocycles. The smallest absolute Gasteiger partial charge is 0.159 e. The fourth-order valence-corrected chi connectivity index (χ4v) is 2.58. The number of hydrogen-bond acceptors (Lipinski definition) is 3. The van der Waals surface area contributed by atoms with E-state index in [1.807, 2.05) is 24.3 Å². The molecule has 2 aromatic carbocycles. The molecule has 0 spiro atoms. The summed E-state index contributed by atoms with van der Waals surface area (Å²) >= 11 is 1.73. The van der Waals surface area contributed by atoms with Crippen molar-refractivity contribution < 1.29 is 13.9 Å². The third kappa shape index (κ3) is 5.23. The average molecular weight is 304 g/mol. The molecule has 2 rings (SSSR count). The van der Waals surface area contributed by atoms with Gasteiger partial charge in [-0.3, -0.25) is 4.79 Å². The molecule has 21 heavy (non-hydrogen) atoms. The summed E-state index contributed by atoms with van der Waals surface area (Å²) in [5.41, 5.74) is 0.735. The summed E-state index contributed by atoms with van der Waals surface area (Å²) in [4.78, 5) is 12.3. The zero-order valence-corrected chi connectivity index (χ0v) is 12.7. The van der Waals surface area contributed by atoms with Gasteiger partial charge in [0.25, 0.3) is 0 Å². The van der Waals surface area contributed by atoms with Gasteiger partial charge in [-0.05, 0) is 49.7 Å². The van der Waals surface area contributed by atoms with E-state index in [-0.39, 0.29) is 11.6 Å². The van der Waals surface area contributed by atoms with Crippen LogP contribution in [0.2, 0.25) is 0 Å². The van der Waals surface area contributed by atoms with Gasteiger partial charge in [0.05, 0.1) is 6.61 Å². The maximum Gasteiger partial charge on any atom is 0.159 e. The van der Waals surface area contributed by atoms with Gasteiger partial charge >= 0.3 is 0 Å². The molecule has 4 heteroatoms. The van der Waals surface area contributed by atoms with E-state index < -0.39 is 0 Å². The first-order valence-corrected chi connectivity index (χ1v) is 7.76. The molecule has 0 aliphatic carbocycles. The summed E-state index contributed by atoms with van der Waals surface area (Å²) in [6.45, 7) is 2.17. The van der Waals surface area contributed by atoms with Crippen LogP contribution < -0.4 is 4.74 Å². The van der Waals surface area contributed by atoms with Gasteiger partial charge in [-0.2, -0.15) is 0 Å². The minimum Gasteiger partial charge on any atom is -0.494 e. The first kappa shape index (κ1) is 15.6. The number of ether oxygens (including phenoxy) is 1. The van der Waals surface area contributed by atoms with Crippen molar-refractivity contribution in [2.24, 2.45) is 0 Å². The van der Waals surface area contributed by atoms with Crippen LogP contribution in [0.3, 0.4) is 0 Å². The van der Waals surface area contributed by atoms with Gasteiger partial charge in [-0.15, -0.1) is 11.8 Å². The molecule has 0 atom stereocenters. The predicted octanol–water partition coefficient (Wildman–Crippen LogP) is 4.59. The van der Waals surface area contributed by atoms with Crippen molar-refractivity contribution in [2.45, 2.75) is 18.2 Å². The molecule has 2 aromatic rings. The van der Waals surface area contributed by atoms with Gasteiger partial charge in [-0.1, -0.05) is 12.1 Å². The zero-order chi connectivity index (χ0) is 15.1. The fourth-order valence-electron chi connectivity index (χ4n) is 1.76. The Hall–Kier alpha value is -1.81.